The highest BCUT2D eigenvalue weighted by Gasteiger charge is 2.06. The predicted molar refractivity (Wildman–Crippen MR) is 77.5 cm³/mol. The number of nitrogens with zero attached hydrogens (tertiary/aromatic N) is 3. The van der Waals surface area contributed by atoms with Gasteiger partial charge in [0.1, 0.15) is 5.01 Å². The lowest BCUT2D eigenvalue weighted by Gasteiger charge is -1.96. The second-order valence-corrected chi connectivity index (χ2v) is 5.95. The van der Waals surface area contributed by atoms with Gasteiger partial charge in [-0.2, -0.15) is 5.10 Å². The van der Waals surface area contributed by atoms with Gasteiger partial charge in [0.2, 0.25) is 0 Å². The van der Waals surface area contributed by atoms with Crippen molar-refractivity contribution >= 4 is 22.7 Å². The molecule has 3 aromatic heterocycles. The number of aromatic nitrogens is 3. The van der Waals surface area contributed by atoms with Crippen LogP contribution < -0.4 is 0 Å². The smallest absolute Gasteiger partial charge is 0.133 e. The van der Waals surface area contributed by atoms with E-state index >= 15 is 0 Å². The van der Waals surface area contributed by atoms with Crippen molar-refractivity contribution in [1.82, 2.24) is 14.8 Å². The van der Waals surface area contributed by atoms with E-state index < -0.39 is 0 Å². The molecule has 0 aliphatic heterocycles. The fraction of sp³-hybridized carbons (Fsp3) is 0.231. The number of aliphatic hydroxyl groups excluding tert-OH is 1. The van der Waals surface area contributed by atoms with E-state index in [-0.39, 0.29) is 6.61 Å². The number of thiophene rings is 1. The summed E-state index contributed by atoms with van der Waals surface area (Å²) in [5.41, 5.74) is 2.07. The lowest BCUT2D eigenvalue weighted by Crippen LogP contribution is -2.00. The van der Waals surface area contributed by atoms with Crippen LogP contribution in [-0.4, -0.2) is 26.5 Å². The maximum atomic E-state index is 8.88. The lowest BCUT2D eigenvalue weighted by molar-refractivity contribution is 0.299. The SMILES string of the molecule is OCCc1cnn(Cc2csc(-c3cccs3)n2)c1. The van der Waals surface area contributed by atoms with Crippen molar-refractivity contribution in [3.63, 3.8) is 0 Å². The summed E-state index contributed by atoms with van der Waals surface area (Å²) in [5.74, 6) is 0. The van der Waals surface area contributed by atoms with Crippen LogP contribution in [0.2, 0.25) is 0 Å². The minimum atomic E-state index is 0.158. The fourth-order valence-corrected chi connectivity index (χ4v) is 3.44. The van der Waals surface area contributed by atoms with Crippen molar-refractivity contribution in [2.75, 3.05) is 6.61 Å². The molecule has 3 aromatic rings. The van der Waals surface area contributed by atoms with Gasteiger partial charge in [-0.05, 0) is 23.4 Å². The fourth-order valence-electron chi connectivity index (χ4n) is 1.81. The topological polar surface area (TPSA) is 50.9 Å². The Morgan fingerprint density at radius 1 is 1.32 bits per heavy atom. The third-order valence-corrected chi connectivity index (χ3v) is 4.63. The van der Waals surface area contributed by atoms with Crippen LogP contribution in [0.5, 0.6) is 0 Å². The van der Waals surface area contributed by atoms with Gasteiger partial charge < -0.3 is 5.11 Å². The van der Waals surface area contributed by atoms with Crippen molar-refractivity contribution in [3.8, 4) is 9.88 Å². The zero-order valence-electron chi connectivity index (χ0n) is 10.2. The summed E-state index contributed by atoms with van der Waals surface area (Å²) < 4.78 is 1.86. The first kappa shape index (κ1) is 12.5. The number of rotatable bonds is 5. The van der Waals surface area contributed by atoms with Gasteiger partial charge in [-0.25, -0.2) is 4.98 Å². The summed E-state index contributed by atoms with van der Waals surface area (Å²) in [6.45, 7) is 0.832. The summed E-state index contributed by atoms with van der Waals surface area (Å²) in [4.78, 5) is 5.83. The van der Waals surface area contributed by atoms with E-state index in [1.807, 2.05) is 16.9 Å². The molecule has 0 unspecified atom stereocenters. The van der Waals surface area contributed by atoms with Gasteiger partial charge in [0.15, 0.2) is 0 Å². The molecule has 0 bridgehead atoms. The predicted octanol–water partition coefficient (Wildman–Crippen LogP) is 2.65. The Hall–Kier alpha value is -1.50. The van der Waals surface area contributed by atoms with Crippen LogP contribution in [0.1, 0.15) is 11.3 Å². The molecular formula is C13H13N3OS2. The van der Waals surface area contributed by atoms with E-state index in [9.17, 15) is 0 Å². The van der Waals surface area contributed by atoms with Gasteiger partial charge in [0.05, 0.1) is 23.3 Å². The molecule has 0 atom stereocenters. The van der Waals surface area contributed by atoms with Crippen LogP contribution in [-0.2, 0) is 13.0 Å². The molecule has 19 heavy (non-hydrogen) atoms. The quantitative estimate of drug-likeness (QED) is 0.786. The lowest BCUT2D eigenvalue weighted by atomic mass is 10.3. The highest BCUT2D eigenvalue weighted by Crippen LogP contribution is 2.27. The molecule has 0 radical (unpaired) electrons. The minimum Gasteiger partial charge on any atom is -0.396 e. The second kappa shape index (κ2) is 5.64. The van der Waals surface area contributed by atoms with Crippen molar-refractivity contribution in [2.24, 2.45) is 0 Å². The van der Waals surface area contributed by atoms with Crippen LogP contribution >= 0.6 is 22.7 Å². The summed E-state index contributed by atoms with van der Waals surface area (Å²) in [5, 5.41) is 18.4. The molecule has 3 heterocycles. The molecule has 0 amide bonds. The molecule has 0 saturated carbocycles. The molecule has 0 spiro atoms. The van der Waals surface area contributed by atoms with E-state index in [0.717, 1.165) is 16.3 Å². The largest absolute Gasteiger partial charge is 0.396 e. The van der Waals surface area contributed by atoms with Crippen LogP contribution in [0.4, 0.5) is 0 Å². The van der Waals surface area contributed by atoms with Gasteiger partial charge >= 0.3 is 0 Å². The van der Waals surface area contributed by atoms with Gasteiger partial charge in [-0.1, -0.05) is 6.07 Å². The molecule has 0 aliphatic rings. The normalized spacial score (nSPS) is 11.0. The molecule has 0 aromatic carbocycles. The van der Waals surface area contributed by atoms with E-state index in [1.165, 1.54) is 4.88 Å². The Morgan fingerprint density at radius 2 is 2.26 bits per heavy atom. The highest BCUT2D eigenvalue weighted by atomic mass is 32.1. The zero-order valence-corrected chi connectivity index (χ0v) is 11.8. The first-order chi connectivity index (χ1) is 9.35. The number of hydrogen-bond acceptors (Lipinski definition) is 5. The van der Waals surface area contributed by atoms with Crippen LogP contribution in [0.3, 0.4) is 0 Å². The summed E-state index contributed by atoms with van der Waals surface area (Å²) >= 11 is 3.37. The van der Waals surface area contributed by atoms with Crippen LogP contribution in [0.15, 0.2) is 35.3 Å². The average molecular weight is 291 g/mol. The Bertz CT molecular complexity index is 642. The van der Waals surface area contributed by atoms with Gasteiger partial charge in [0.25, 0.3) is 0 Å². The maximum Gasteiger partial charge on any atom is 0.133 e. The third kappa shape index (κ3) is 2.91. The standard InChI is InChI=1S/C13H13N3OS2/c17-4-3-10-6-14-16(7-10)8-11-9-19-13(15-11)12-2-1-5-18-12/h1-2,5-7,9,17H,3-4,8H2. The Kier molecular flexibility index (Phi) is 3.72. The van der Waals surface area contributed by atoms with E-state index in [2.05, 4.69) is 26.9 Å². The van der Waals surface area contributed by atoms with Crippen molar-refractivity contribution in [3.05, 3.63) is 46.5 Å². The summed E-state index contributed by atoms with van der Waals surface area (Å²) in [6.07, 6.45) is 4.40. The summed E-state index contributed by atoms with van der Waals surface area (Å²) in [7, 11) is 0. The Labute approximate surface area is 119 Å². The number of hydrogen-bond donors (Lipinski definition) is 1. The number of aliphatic hydroxyl groups is 1. The van der Waals surface area contributed by atoms with Crippen molar-refractivity contribution < 1.29 is 5.11 Å². The van der Waals surface area contributed by atoms with E-state index in [1.54, 1.807) is 28.9 Å². The van der Waals surface area contributed by atoms with Gasteiger partial charge in [0, 0.05) is 18.2 Å². The first-order valence-electron chi connectivity index (χ1n) is 5.95. The molecule has 0 fully saturated rings. The molecular weight excluding hydrogens is 278 g/mol. The van der Waals surface area contributed by atoms with Crippen molar-refractivity contribution in [1.29, 1.82) is 0 Å². The minimum absolute atomic E-state index is 0.158. The molecule has 98 valence electrons. The molecule has 0 saturated heterocycles. The van der Waals surface area contributed by atoms with Crippen molar-refractivity contribution in [2.45, 2.75) is 13.0 Å². The molecule has 4 nitrogen and oxygen atoms in total. The van der Waals surface area contributed by atoms with E-state index in [0.29, 0.717) is 13.0 Å². The molecule has 6 heteroatoms. The molecule has 3 rings (SSSR count). The average Bonchev–Trinajstić information content (AvgIpc) is 3.10. The Morgan fingerprint density at radius 3 is 3.05 bits per heavy atom. The zero-order chi connectivity index (χ0) is 13.1. The monoisotopic (exact) mass is 291 g/mol. The van der Waals surface area contributed by atoms with Crippen LogP contribution in [0, 0.1) is 0 Å². The summed E-state index contributed by atoms with van der Waals surface area (Å²) in [6, 6.07) is 4.12. The first-order valence-corrected chi connectivity index (χ1v) is 7.71. The van der Waals surface area contributed by atoms with Gasteiger partial charge in [-0.3, -0.25) is 4.68 Å². The van der Waals surface area contributed by atoms with Crippen LogP contribution in [0.25, 0.3) is 9.88 Å². The molecule has 1 N–H and O–H groups in total. The Balaban J connectivity index is 1.72. The highest BCUT2D eigenvalue weighted by molar-refractivity contribution is 7.20. The van der Waals surface area contributed by atoms with E-state index in [4.69, 9.17) is 5.11 Å². The molecule has 0 aliphatic carbocycles. The second-order valence-electron chi connectivity index (χ2n) is 4.14. The third-order valence-electron chi connectivity index (χ3n) is 2.69. The number of thiazole rings is 1. The maximum absolute atomic E-state index is 8.88. The van der Waals surface area contributed by atoms with Gasteiger partial charge in [-0.15, -0.1) is 22.7 Å².